The van der Waals surface area contributed by atoms with Gasteiger partial charge in [0, 0.05) is 19.1 Å². The summed E-state index contributed by atoms with van der Waals surface area (Å²) < 4.78 is 3.84. The Morgan fingerprint density at radius 1 is 1.25 bits per heavy atom. The molecule has 0 unspecified atom stereocenters. The molecule has 0 spiro atoms. The zero-order valence-corrected chi connectivity index (χ0v) is 15.3. The van der Waals surface area contributed by atoms with Gasteiger partial charge in [0.25, 0.3) is 5.91 Å². The molecule has 0 aliphatic heterocycles. The summed E-state index contributed by atoms with van der Waals surface area (Å²) in [7, 11) is 1.79. The van der Waals surface area contributed by atoms with Gasteiger partial charge in [-0.25, -0.2) is 14.8 Å². The van der Waals surface area contributed by atoms with Crippen LogP contribution < -0.4 is 5.32 Å². The van der Waals surface area contributed by atoms with E-state index in [0.29, 0.717) is 15.8 Å². The van der Waals surface area contributed by atoms with Crippen molar-refractivity contribution in [2.45, 2.75) is 46.3 Å². The zero-order chi connectivity index (χ0) is 18.0. The highest BCUT2D eigenvalue weighted by atomic mass is 32.1. The number of rotatable bonds is 4. The van der Waals surface area contributed by atoms with E-state index in [1.807, 2.05) is 13.8 Å². The first kappa shape index (κ1) is 18.1. The Labute approximate surface area is 145 Å². The predicted octanol–water partition coefficient (Wildman–Crippen LogP) is 1.85. The van der Waals surface area contributed by atoms with Gasteiger partial charge in [0.1, 0.15) is 16.7 Å². The van der Waals surface area contributed by atoms with Gasteiger partial charge >= 0.3 is 6.03 Å². The van der Waals surface area contributed by atoms with E-state index in [1.165, 1.54) is 11.2 Å². The van der Waals surface area contributed by atoms with E-state index in [-0.39, 0.29) is 24.5 Å². The van der Waals surface area contributed by atoms with Gasteiger partial charge in [-0.2, -0.15) is 0 Å². The Morgan fingerprint density at radius 3 is 2.50 bits per heavy atom. The average Bonchev–Trinajstić information content (AvgIpc) is 2.85. The summed E-state index contributed by atoms with van der Waals surface area (Å²) in [5.74, 6) is -0.330. The van der Waals surface area contributed by atoms with Crippen LogP contribution in [-0.4, -0.2) is 48.0 Å². The third-order valence-corrected chi connectivity index (χ3v) is 3.89. The normalized spacial score (nSPS) is 11.3. The lowest BCUT2D eigenvalue weighted by Gasteiger charge is -2.26. The molecule has 2 aromatic rings. The lowest BCUT2D eigenvalue weighted by Crippen LogP contribution is -2.50. The van der Waals surface area contributed by atoms with Gasteiger partial charge in [0.2, 0.25) is 0 Å². The van der Waals surface area contributed by atoms with E-state index in [9.17, 15) is 9.59 Å². The lowest BCUT2D eigenvalue weighted by atomic mass is 10.3. The monoisotopic (exact) mass is 350 g/mol. The number of urea groups is 1. The van der Waals surface area contributed by atoms with Crippen LogP contribution in [0.3, 0.4) is 0 Å². The molecule has 0 atom stereocenters. The average molecular weight is 350 g/mol. The van der Waals surface area contributed by atoms with Crippen molar-refractivity contribution >= 4 is 35.3 Å². The Morgan fingerprint density at radius 2 is 1.92 bits per heavy atom. The second-order valence-electron chi connectivity index (χ2n) is 6.17. The maximum Gasteiger partial charge on any atom is 0.324 e. The Bertz CT molecular complexity index is 823. The van der Waals surface area contributed by atoms with Crippen molar-refractivity contribution in [2.24, 2.45) is 7.05 Å². The third-order valence-electron chi connectivity index (χ3n) is 3.41. The van der Waals surface area contributed by atoms with Gasteiger partial charge in [-0.3, -0.25) is 9.69 Å². The van der Waals surface area contributed by atoms with Crippen molar-refractivity contribution in [3.63, 3.8) is 0 Å². The highest BCUT2D eigenvalue weighted by Crippen LogP contribution is 2.12. The molecule has 0 radical (unpaired) electrons. The summed E-state index contributed by atoms with van der Waals surface area (Å²) in [5.41, 5.74) is 1.09. The highest BCUT2D eigenvalue weighted by molar-refractivity contribution is 7.71. The third kappa shape index (κ3) is 3.61. The number of carbonyl (C=O) groups excluding carboxylic acids is 2. The second kappa shape index (κ2) is 7.08. The van der Waals surface area contributed by atoms with E-state index in [2.05, 4.69) is 15.3 Å². The zero-order valence-electron chi connectivity index (χ0n) is 14.5. The summed E-state index contributed by atoms with van der Waals surface area (Å²) in [6, 6.07) is -0.714. The molecule has 0 aromatic carbocycles. The van der Waals surface area contributed by atoms with E-state index in [0.717, 1.165) is 0 Å². The van der Waals surface area contributed by atoms with E-state index >= 15 is 0 Å². The van der Waals surface area contributed by atoms with Crippen LogP contribution in [0, 0.1) is 4.64 Å². The number of carbonyl (C=O) groups is 2. The summed E-state index contributed by atoms with van der Waals surface area (Å²) >= 11 is 5.29. The van der Waals surface area contributed by atoms with Gasteiger partial charge in [0.15, 0.2) is 5.65 Å². The number of nitrogens with zero attached hydrogens (tertiary/aromatic N) is 5. The minimum atomic E-state index is -0.405. The summed E-state index contributed by atoms with van der Waals surface area (Å²) in [6.45, 7) is 7.25. The maximum absolute atomic E-state index is 12.6. The molecular weight excluding hydrogens is 328 g/mol. The van der Waals surface area contributed by atoms with Gasteiger partial charge in [0.05, 0.1) is 12.7 Å². The van der Waals surface area contributed by atoms with E-state index < -0.39 is 6.03 Å². The molecule has 0 saturated carbocycles. The van der Waals surface area contributed by atoms with Gasteiger partial charge < -0.3 is 14.5 Å². The number of imide groups is 1. The largest absolute Gasteiger partial charge is 0.335 e. The molecule has 2 heterocycles. The molecule has 2 aromatic heterocycles. The molecule has 0 aliphatic rings. The number of amides is 3. The fourth-order valence-corrected chi connectivity index (χ4v) is 2.50. The predicted molar refractivity (Wildman–Crippen MR) is 93.0 cm³/mol. The highest BCUT2D eigenvalue weighted by Gasteiger charge is 2.25. The van der Waals surface area contributed by atoms with E-state index in [1.54, 1.807) is 36.4 Å². The summed E-state index contributed by atoms with van der Waals surface area (Å²) in [6.07, 6.45) is 3.10. The molecule has 0 fully saturated rings. The SMILES string of the molecule is CC(C)NC(=O)N(C(=O)Cn1cnc2c(=S)n(C)cnc21)C(C)C. The Hall–Kier alpha value is -2.29. The number of aryl methyl sites for hydroxylation is 1. The number of aromatic nitrogens is 4. The molecular formula is C15H22N6O2S. The molecule has 130 valence electrons. The second-order valence-corrected chi connectivity index (χ2v) is 6.55. The van der Waals surface area contributed by atoms with Crippen LogP contribution in [0.5, 0.6) is 0 Å². The topological polar surface area (TPSA) is 85.0 Å². The lowest BCUT2D eigenvalue weighted by molar-refractivity contribution is -0.130. The van der Waals surface area contributed by atoms with Gasteiger partial charge in [-0.05, 0) is 27.7 Å². The molecule has 0 aliphatic carbocycles. The summed E-state index contributed by atoms with van der Waals surface area (Å²) in [4.78, 5) is 34.6. The Balaban J connectivity index is 2.29. The number of nitrogens with one attached hydrogen (secondary N) is 1. The molecule has 2 rings (SSSR count). The first-order valence-corrected chi connectivity index (χ1v) is 8.12. The molecule has 3 amide bonds. The molecule has 8 nitrogen and oxygen atoms in total. The van der Waals surface area contributed by atoms with Crippen molar-refractivity contribution < 1.29 is 9.59 Å². The first-order chi connectivity index (χ1) is 11.2. The van der Waals surface area contributed by atoms with Crippen LogP contribution >= 0.6 is 12.2 Å². The van der Waals surface area contributed by atoms with Crippen LogP contribution in [-0.2, 0) is 18.4 Å². The van der Waals surface area contributed by atoms with Gasteiger partial charge in [-0.15, -0.1) is 0 Å². The van der Waals surface area contributed by atoms with Crippen LogP contribution in [0.1, 0.15) is 27.7 Å². The van der Waals surface area contributed by atoms with Gasteiger partial charge in [-0.1, -0.05) is 12.2 Å². The van der Waals surface area contributed by atoms with Crippen LogP contribution in [0.4, 0.5) is 4.79 Å². The van der Waals surface area contributed by atoms with Crippen molar-refractivity contribution in [3.8, 4) is 0 Å². The number of fused-ring (bicyclic) bond motifs is 1. The molecule has 24 heavy (non-hydrogen) atoms. The van der Waals surface area contributed by atoms with Crippen molar-refractivity contribution in [1.82, 2.24) is 29.3 Å². The number of hydrogen-bond acceptors (Lipinski definition) is 5. The van der Waals surface area contributed by atoms with Crippen LogP contribution in [0.2, 0.25) is 0 Å². The minimum Gasteiger partial charge on any atom is -0.335 e. The summed E-state index contributed by atoms with van der Waals surface area (Å²) in [5, 5.41) is 2.74. The van der Waals surface area contributed by atoms with Crippen molar-refractivity contribution in [1.29, 1.82) is 0 Å². The van der Waals surface area contributed by atoms with E-state index in [4.69, 9.17) is 12.2 Å². The quantitative estimate of drug-likeness (QED) is 0.851. The Kier molecular flexibility index (Phi) is 5.33. The smallest absolute Gasteiger partial charge is 0.324 e. The van der Waals surface area contributed by atoms with Crippen LogP contribution in [0.25, 0.3) is 11.2 Å². The fourth-order valence-electron chi connectivity index (χ4n) is 2.31. The molecule has 0 bridgehead atoms. The molecule has 0 saturated heterocycles. The van der Waals surface area contributed by atoms with Crippen molar-refractivity contribution in [3.05, 3.63) is 17.3 Å². The van der Waals surface area contributed by atoms with Crippen molar-refractivity contribution in [2.75, 3.05) is 0 Å². The fraction of sp³-hybridized carbons (Fsp3) is 0.533. The number of imidazole rings is 1. The first-order valence-electron chi connectivity index (χ1n) is 7.71. The van der Waals surface area contributed by atoms with Crippen LogP contribution in [0.15, 0.2) is 12.7 Å². The minimum absolute atomic E-state index is 0.0320. The standard InChI is InChI=1S/C15H22N6O2S/c1-9(2)18-15(23)21(10(3)4)11(22)6-20-8-16-12-13(20)17-7-19(5)14(12)24/h7-10H,6H2,1-5H3,(H,18,23). The maximum atomic E-state index is 12.6. The number of hydrogen-bond donors (Lipinski definition) is 1. The molecule has 9 heteroatoms. The molecule has 1 N–H and O–H groups in total.